The normalized spacial score (nSPS) is 22.3. The molecule has 98 valence electrons. The Bertz CT molecular complexity index is 477. The fourth-order valence-corrected chi connectivity index (χ4v) is 2.98. The summed E-state index contributed by atoms with van der Waals surface area (Å²) in [6.07, 6.45) is -1.89. The quantitative estimate of drug-likeness (QED) is 0.793. The lowest BCUT2D eigenvalue weighted by Crippen LogP contribution is -2.47. The van der Waals surface area contributed by atoms with Gasteiger partial charge in [0.1, 0.15) is 6.54 Å². The van der Waals surface area contributed by atoms with Gasteiger partial charge in [0, 0.05) is 23.8 Å². The molecule has 7 heteroatoms. The van der Waals surface area contributed by atoms with Crippen molar-refractivity contribution in [1.29, 1.82) is 0 Å². The summed E-state index contributed by atoms with van der Waals surface area (Å²) in [7, 11) is 0. The van der Waals surface area contributed by atoms with E-state index in [4.69, 9.17) is 0 Å². The molecule has 0 aromatic carbocycles. The topological polar surface area (TPSA) is 19.4 Å². The van der Waals surface area contributed by atoms with E-state index in [1.165, 1.54) is 4.90 Å². The molecule has 2 aliphatic heterocycles. The molecule has 2 bridgehead atoms. The van der Waals surface area contributed by atoms with Gasteiger partial charge in [-0.05, 0) is 28.4 Å². The van der Waals surface area contributed by atoms with Gasteiger partial charge in [-0.1, -0.05) is 0 Å². The molecular formula is C11H11BrF3N3. The molecule has 3 rings (SSSR count). The van der Waals surface area contributed by atoms with E-state index in [1.807, 2.05) is 6.07 Å². The van der Waals surface area contributed by atoms with Gasteiger partial charge in [0.15, 0.2) is 5.82 Å². The Balaban J connectivity index is 2.01. The average molecular weight is 322 g/mol. The highest BCUT2D eigenvalue weighted by Gasteiger charge is 2.42. The van der Waals surface area contributed by atoms with Crippen molar-refractivity contribution in [2.75, 3.05) is 29.4 Å². The van der Waals surface area contributed by atoms with Crippen molar-refractivity contribution in [1.82, 2.24) is 4.98 Å². The van der Waals surface area contributed by atoms with Crippen molar-refractivity contribution in [3.8, 4) is 0 Å². The summed E-state index contributed by atoms with van der Waals surface area (Å²) < 4.78 is 38.7. The smallest absolute Gasteiger partial charge is 0.366 e. The number of anilines is 2. The molecule has 0 spiro atoms. The molecule has 18 heavy (non-hydrogen) atoms. The molecular weight excluding hydrogens is 311 g/mol. The SMILES string of the molecule is FC(F)(F)CN1c2ncc(Br)cc2N2CC[C@H]1C2. The molecule has 0 saturated carbocycles. The zero-order valence-electron chi connectivity index (χ0n) is 9.41. The van der Waals surface area contributed by atoms with Crippen LogP contribution in [0.4, 0.5) is 24.7 Å². The van der Waals surface area contributed by atoms with E-state index in [2.05, 4.69) is 25.8 Å². The molecule has 1 aromatic heterocycles. The molecule has 2 aliphatic rings. The molecule has 0 radical (unpaired) electrons. The first-order chi connectivity index (χ1) is 8.44. The van der Waals surface area contributed by atoms with Crippen LogP contribution in [0.15, 0.2) is 16.7 Å². The summed E-state index contributed by atoms with van der Waals surface area (Å²) in [4.78, 5) is 7.66. The van der Waals surface area contributed by atoms with E-state index in [0.29, 0.717) is 12.4 Å². The summed E-state index contributed by atoms with van der Waals surface area (Å²) >= 11 is 3.31. The second-order valence-corrected chi connectivity index (χ2v) is 5.54. The standard InChI is InChI=1S/C11H11BrF3N3/c12-7-3-9-10(16-4-7)18(6-11(13,14)15)8-1-2-17(9)5-8/h3-4,8H,1-2,5-6H2/t8-/m0/s1. The molecule has 3 nitrogen and oxygen atoms in total. The molecule has 3 heterocycles. The summed E-state index contributed by atoms with van der Waals surface area (Å²) in [5, 5.41) is 0. The lowest BCUT2D eigenvalue weighted by molar-refractivity contribution is -0.120. The average Bonchev–Trinajstić information content (AvgIpc) is 2.69. The highest BCUT2D eigenvalue weighted by atomic mass is 79.9. The number of rotatable bonds is 1. The maximum atomic E-state index is 12.6. The van der Waals surface area contributed by atoms with Crippen molar-refractivity contribution >= 4 is 27.4 Å². The molecule has 0 unspecified atom stereocenters. The van der Waals surface area contributed by atoms with Gasteiger partial charge in [-0.2, -0.15) is 13.2 Å². The van der Waals surface area contributed by atoms with Crippen LogP contribution in [-0.2, 0) is 0 Å². The second kappa shape index (κ2) is 4.01. The van der Waals surface area contributed by atoms with Crippen molar-refractivity contribution in [2.45, 2.75) is 18.6 Å². The zero-order valence-corrected chi connectivity index (χ0v) is 11.0. The molecule has 0 aliphatic carbocycles. The predicted molar refractivity (Wildman–Crippen MR) is 66.0 cm³/mol. The molecule has 1 aromatic rings. The van der Waals surface area contributed by atoms with Crippen molar-refractivity contribution < 1.29 is 13.2 Å². The third-order valence-corrected chi connectivity index (χ3v) is 3.81. The molecule has 0 N–H and O–H groups in total. The Morgan fingerprint density at radius 1 is 1.44 bits per heavy atom. The van der Waals surface area contributed by atoms with Crippen molar-refractivity contribution in [3.05, 3.63) is 16.7 Å². The zero-order chi connectivity index (χ0) is 12.9. The Hall–Kier alpha value is -0.980. The minimum atomic E-state index is -4.20. The van der Waals surface area contributed by atoms with Gasteiger partial charge in [0.2, 0.25) is 0 Å². The van der Waals surface area contributed by atoms with Crippen LogP contribution >= 0.6 is 15.9 Å². The Kier molecular flexibility index (Phi) is 2.69. The maximum absolute atomic E-state index is 12.6. The first kappa shape index (κ1) is 12.1. The molecule has 1 saturated heterocycles. The number of pyridine rings is 1. The van der Waals surface area contributed by atoms with E-state index in [-0.39, 0.29) is 6.04 Å². The number of aromatic nitrogens is 1. The number of hydrogen-bond acceptors (Lipinski definition) is 3. The van der Waals surface area contributed by atoms with Gasteiger partial charge >= 0.3 is 6.18 Å². The van der Waals surface area contributed by atoms with E-state index in [0.717, 1.165) is 23.1 Å². The number of alkyl halides is 3. The Morgan fingerprint density at radius 2 is 2.22 bits per heavy atom. The second-order valence-electron chi connectivity index (χ2n) is 4.63. The first-order valence-corrected chi connectivity index (χ1v) is 6.47. The highest BCUT2D eigenvalue weighted by Crippen LogP contribution is 2.40. The van der Waals surface area contributed by atoms with E-state index < -0.39 is 12.7 Å². The van der Waals surface area contributed by atoms with Gasteiger partial charge in [-0.15, -0.1) is 0 Å². The summed E-state index contributed by atoms with van der Waals surface area (Å²) in [6.45, 7) is 0.526. The summed E-state index contributed by atoms with van der Waals surface area (Å²) in [5.41, 5.74) is 0.794. The fraction of sp³-hybridized carbons (Fsp3) is 0.545. The van der Waals surface area contributed by atoms with E-state index in [1.54, 1.807) is 6.20 Å². The monoisotopic (exact) mass is 321 g/mol. The third kappa shape index (κ3) is 2.04. The molecule has 1 atom stereocenters. The largest absolute Gasteiger partial charge is 0.405 e. The number of hydrogen-bond donors (Lipinski definition) is 0. The van der Waals surface area contributed by atoms with E-state index >= 15 is 0 Å². The van der Waals surface area contributed by atoms with Crippen LogP contribution < -0.4 is 9.80 Å². The predicted octanol–water partition coefficient (Wildman–Crippen LogP) is 2.81. The lowest BCUT2D eigenvalue weighted by Gasteiger charge is -2.37. The first-order valence-electron chi connectivity index (χ1n) is 5.68. The highest BCUT2D eigenvalue weighted by molar-refractivity contribution is 9.10. The van der Waals surface area contributed by atoms with Gasteiger partial charge in [0.25, 0.3) is 0 Å². The fourth-order valence-electron chi connectivity index (χ4n) is 2.66. The van der Waals surface area contributed by atoms with Gasteiger partial charge in [-0.3, -0.25) is 0 Å². The van der Waals surface area contributed by atoms with Crippen LogP contribution in [0.3, 0.4) is 0 Å². The minimum absolute atomic E-state index is 0.0761. The van der Waals surface area contributed by atoms with E-state index in [9.17, 15) is 13.2 Å². The van der Waals surface area contributed by atoms with Crippen LogP contribution in [0, 0.1) is 0 Å². The summed E-state index contributed by atoms with van der Waals surface area (Å²) in [6, 6.07) is 1.76. The van der Waals surface area contributed by atoms with Gasteiger partial charge in [-0.25, -0.2) is 4.98 Å². The van der Waals surface area contributed by atoms with Crippen molar-refractivity contribution in [3.63, 3.8) is 0 Å². The maximum Gasteiger partial charge on any atom is 0.405 e. The van der Waals surface area contributed by atoms with Crippen LogP contribution in [0.25, 0.3) is 0 Å². The number of fused-ring (bicyclic) bond motifs is 4. The van der Waals surface area contributed by atoms with Gasteiger partial charge < -0.3 is 9.80 Å². The molecule has 1 fully saturated rings. The van der Waals surface area contributed by atoms with Crippen LogP contribution in [0.1, 0.15) is 6.42 Å². The third-order valence-electron chi connectivity index (χ3n) is 3.38. The molecule has 0 amide bonds. The number of nitrogens with zero attached hydrogens (tertiary/aromatic N) is 3. The van der Waals surface area contributed by atoms with Gasteiger partial charge in [0.05, 0.1) is 11.7 Å². The Morgan fingerprint density at radius 3 is 2.94 bits per heavy atom. The Labute approximate surface area is 111 Å². The van der Waals surface area contributed by atoms with Crippen LogP contribution in [0.2, 0.25) is 0 Å². The lowest BCUT2D eigenvalue weighted by atomic mass is 10.2. The number of halogens is 4. The summed E-state index contributed by atoms with van der Waals surface area (Å²) in [5.74, 6) is 0.448. The van der Waals surface area contributed by atoms with Crippen molar-refractivity contribution in [2.24, 2.45) is 0 Å². The van der Waals surface area contributed by atoms with Crippen LogP contribution in [-0.4, -0.2) is 36.8 Å². The minimum Gasteiger partial charge on any atom is -0.366 e. The van der Waals surface area contributed by atoms with Crippen LogP contribution in [0.5, 0.6) is 0 Å².